The first-order valence-corrected chi connectivity index (χ1v) is 12.3. The molecule has 0 fully saturated rings. The number of benzene rings is 3. The summed E-state index contributed by atoms with van der Waals surface area (Å²) in [5, 5.41) is 5.60. The monoisotopic (exact) mass is 531 g/mol. The first kappa shape index (κ1) is 23.9. The molecule has 32 heavy (non-hydrogen) atoms. The highest BCUT2D eigenvalue weighted by molar-refractivity contribution is 9.10. The topological polar surface area (TPSA) is 87.3 Å². The Morgan fingerprint density at radius 1 is 0.844 bits per heavy atom. The molecule has 0 saturated carbocycles. The molecule has 0 aliphatic rings. The molecule has 3 aromatic rings. The smallest absolute Gasteiger partial charge is 0.261 e. The van der Waals surface area contributed by atoms with E-state index in [2.05, 4.69) is 31.3 Å². The Morgan fingerprint density at radius 3 is 2.09 bits per heavy atom. The minimum atomic E-state index is -3.74. The Labute approximate surface area is 201 Å². The molecule has 0 bridgehead atoms. The average Bonchev–Trinajstić information content (AvgIpc) is 2.73. The second-order valence-corrected chi connectivity index (χ2v) is 10.2. The van der Waals surface area contributed by atoms with E-state index in [1.54, 1.807) is 36.4 Å². The number of anilines is 2. The van der Waals surface area contributed by atoms with E-state index in [0.717, 1.165) is 21.2 Å². The van der Waals surface area contributed by atoms with Gasteiger partial charge >= 0.3 is 0 Å². The van der Waals surface area contributed by atoms with Crippen molar-refractivity contribution in [1.29, 1.82) is 0 Å². The SMILES string of the molecule is Cc1ccc(NS(=O)(=O)c2ccc(NC(=S)NC(=O)c3ccc(C)c(Br)c3)cc2)cc1C. The summed E-state index contributed by atoms with van der Waals surface area (Å²) in [7, 11) is -3.74. The zero-order chi connectivity index (χ0) is 23.5. The summed E-state index contributed by atoms with van der Waals surface area (Å²) < 4.78 is 28.7. The maximum Gasteiger partial charge on any atom is 0.261 e. The molecule has 3 aromatic carbocycles. The van der Waals surface area contributed by atoms with E-state index in [9.17, 15) is 13.2 Å². The Balaban J connectivity index is 1.64. The summed E-state index contributed by atoms with van der Waals surface area (Å²) in [6, 6.07) is 16.7. The number of halogens is 1. The van der Waals surface area contributed by atoms with Gasteiger partial charge in [-0.05, 0) is 98.2 Å². The third-order valence-corrected chi connectivity index (χ3v) is 7.30. The molecule has 0 aromatic heterocycles. The van der Waals surface area contributed by atoms with E-state index in [4.69, 9.17) is 12.2 Å². The minimum absolute atomic E-state index is 0.107. The van der Waals surface area contributed by atoms with Gasteiger partial charge in [-0.3, -0.25) is 14.8 Å². The van der Waals surface area contributed by atoms with Gasteiger partial charge in [-0.25, -0.2) is 8.42 Å². The summed E-state index contributed by atoms with van der Waals surface area (Å²) in [5.41, 5.74) is 4.61. The van der Waals surface area contributed by atoms with E-state index in [0.29, 0.717) is 16.9 Å². The molecule has 1 amide bonds. The normalized spacial score (nSPS) is 11.0. The third-order valence-electron chi connectivity index (χ3n) is 4.84. The minimum Gasteiger partial charge on any atom is -0.332 e. The van der Waals surface area contributed by atoms with Crippen LogP contribution in [-0.4, -0.2) is 19.4 Å². The Kier molecular flexibility index (Phi) is 7.33. The van der Waals surface area contributed by atoms with Crippen molar-refractivity contribution in [2.24, 2.45) is 0 Å². The first-order valence-electron chi connectivity index (χ1n) is 9.64. The van der Waals surface area contributed by atoms with Gasteiger partial charge in [0, 0.05) is 21.4 Å². The standard InChI is InChI=1S/C23H22BrN3O3S2/c1-14-5-7-19(12-16(14)3)27-32(29,30)20-10-8-18(9-11-20)25-23(31)26-22(28)17-6-4-15(2)21(24)13-17/h4-13,27H,1-3H3,(H2,25,26,28,31). The molecular weight excluding hydrogens is 510 g/mol. The van der Waals surface area contributed by atoms with E-state index < -0.39 is 10.0 Å². The lowest BCUT2D eigenvalue weighted by Gasteiger charge is -2.12. The van der Waals surface area contributed by atoms with Crippen molar-refractivity contribution in [3.8, 4) is 0 Å². The Morgan fingerprint density at radius 2 is 1.47 bits per heavy atom. The molecular formula is C23H22BrN3O3S2. The van der Waals surface area contributed by atoms with Crippen LogP contribution in [0.25, 0.3) is 0 Å². The number of hydrogen-bond donors (Lipinski definition) is 3. The van der Waals surface area contributed by atoms with Crippen molar-refractivity contribution in [2.45, 2.75) is 25.7 Å². The molecule has 0 radical (unpaired) electrons. The van der Waals surface area contributed by atoms with E-state index in [1.165, 1.54) is 12.1 Å². The Bertz CT molecular complexity index is 1290. The van der Waals surface area contributed by atoms with Crippen LogP contribution in [0.1, 0.15) is 27.0 Å². The predicted molar refractivity (Wildman–Crippen MR) is 136 cm³/mol. The fourth-order valence-corrected chi connectivity index (χ4v) is 4.45. The van der Waals surface area contributed by atoms with Gasteiger partial charge in [0.1, 0.15) is 0 Å². The van der Waals surface area contributed by atoms with Crippen LogP contribution >= 0.6 is 28.1 Å². The average molecular weight is 532 g/mol. The lowest BCUT2D eigenvalue weighted by Crippen LogP contribution is -2.34. The van der Waals surface area contributed by atoms with Gasteiger partial charge < -0.3 is 5.32 Å². The molecule has 0 saturated heterocycles. The quantitative estimate of drug-likeness (QED) is 0.388. The van der Waals surface area contributed by atoms with Gasteiger partial charge in [-0.15, -0.1) is 0 Å². The van der Waals surface area contributed by atoms with E-state index >= 15 is 0 Å². The second kappa shape index (κ2) is 9.81. The number of aryl methyl sites for hydroxylation is 3. The van der Waals surface area contributed by atoms with Crippen LogP contribution in [0.3, 0.4) is 0 Å². The van der Waals surface area contributed by atoms with Gasteiger partial charge in [0.15, 0.2) is 5.11 Å². The summed E-state index contributed by atoms with van der Waals surface area (Å²) >= 11 is 8.60. The molecule has 166 valence electrons. The number of amides is 1. The molecule has 0 unspecified atom stereocenters. The number of carbonyl (C=O) groups is 1. The van der Waals surface area contributed by atoms with Gasteiger partial charge in [0.05, 0.1) is 4.90 Å². The first-order chi connectivity index (χ1) is 15.0. The van der Waals surface area contributed by atoms with Crippen molar-refractivity contribution >= 4 is 60.6 Å². The maximum atomic E-state index is 12.7. The van der Waals surface area contributed by atoms with Gasteiger partial charge in [0.25, 0.3) is 15.9 Å². The number of nitrogens with one attached hydrogen (secondary N) is 3. The molecule has 0 spiro atoms. The summed E-state index contributed by atoms with van der Waals surface area (Å²) in [5.74, 6) is -0.347. The maximum absolute atomic E-state index is 12.7. The number of carbonyl (C=O) groups excluding carboxylic acids is 1. The second-order valence-electron chi connectivity index (χ2n) is 7.30. The van der Waals surface area contributed by atoms with Gasteiger partial charge in [-0.2, -0.15) is 0 Å². The van der Waals surface area contributed by atoms with Gasteiger partial charge in [-0.1, -0.05) is 28.1 Å². The zero-order valence-electron chi connectivity index (χ0n) is 17.7. The fourth-order valence-electron chi connectivity index (χ4n) is 2.81. The number of sulfonamides is 1. The largest absolute Gasteiger partial charge is 0.332 e. The van der Waals surface area contributed by atoms with Crippen LogP contribution in [0.15, 0.2) is 70.0 Å². The third kappa shape index (κ3) is 5.93. The number of hydrogen-bond acceptors (Lipinski definition) is 4. The molecule has 0 aliphatic heterocycles. The van der Waals surface area contributed by atoms with Crippen molar-refractivity contribution in [3.05, 3.63) is 87.4 Å². The highest BCUT2D eigenvalue weighted by Gasteiger charge is 2.15. The number of thiocarbonyl (C=S) groups is 1. The molecule has 3 N–H and O–H groups in total. The molecule has 0 aliphatic carbocycles. The van der Waals surface area contributed by atoms with E-state index in [1.807, 2.05) is 32.9 Å². The van der Waals surface area contributed by atoms with Crippen LogP contribution < -0.4 is 15.4 Å². The highest BCUT2D eigenvalue weighted by Crippen LogP contribution is 2.21. The zero-order valence-corrected chi connectivity index (χ0v) is 20.9. The van der Waals surface area contributed by atoms with Crippen molar-refractivity contribution < 1.29 is 13.2 Å². The highest BCUT2D eigenvalue weighted by atomic mass is 79.9. The molecule has 3 rings (SSSR count). The van der Waals surface area contributed by atoms with Crippen LogP contribution in [0.4, 0.5) is 11.4 Å². The van der Waals surface area contributed by atoms with Crippen LogP contribution in [0.2, 0.25) is 0 Å². The summed E-state index contributed by atoms with van der Waals surface area (Å²) in [4.78, 5) is 12.5. The summed E-state index contributed by atoms with van der Waals surface area (Å²) in [6.07, 6.45) is 0. The van der Waals surface area contributed by atoms with Crippen LogP contribution in [-0.2, 0) is 10.0 Å². The predicted octanol–water partition coefficient (Wildman–Crippen LogP) is 5.30. The van der Waals surface area contributed by atoms with Crippen molar-refractivity contribution in [2.75, 3.05) is 10.0 Å². The van der Waals surface area contributed by atoms with Gasteiger partial charge in [0.2, 0.25) is 0 Å². The van der Waals surface area contributed by atoms with E-state index in [-0.39, 0.29) is 15.9 Å². The van der Waals surface area contributed by atoms with Crippen LogP contribution in [0, 0.1) is 20.8 Å². The van der Waals surface area contributed by atoms with Crippen LogP contribution in [0.5, 0.6) is 0 Å². The van der Waals surface area contributed by atoms with Crippen molar-refractivity contribution in [3.63, 3.8) is 0 Å². The van der Waals surface area contributed by atoms with Crippen molar-refractivity contribution in [1.82, 2.24) is 5.32 Å². The summed E-state index contributed by atoms with van der Waals surface area (Å²) in [6.45, 7) is 5.82. The lowest BCUT2D eigenvalue weighted by molar-refractivity contribution is 0.0977. The molecule has 9 heteroatoms. The lowest BCUT2D eigenvalue weighted by atomic mass is 10.1. The molecule has 0 heterocycles. The number of rotatable bonds is 5. The molecule has 6 nitrogen and oxygen atoms in total. The Hall–Kier alpha value is -2.75. The molecule has 0 atom stereocenters. The fraction of sp³-hybridized carbons (Fsp3) is 0.130.